The number of fused-ring (bicyclic) bond motifs is 5. The first kappa shape index (κ1) is 39.0. The molecule has 6 heterocycles. The Kier molecular flexibility index (Phi) is 9.35. The van der Waals surface area contributed by atoms with Crippen molar-refractivity contribution in [3.05, 3.63) is 41.0 Å². The van der Waals surface area contributed by atoms with Gasteiger partial charge in [0.2, 0.25) is 0 Å². The molecule has 5 aliphatic rings. The van der Waals surface area contributed by atoms with Gasteiger partial charge in [0.05, 0.1) is 41.2 Å². The van der Waals surface area contributed by atoms with Crippen molar-refractivity contribution in [1.29, 1.82) is 5.26 Å². The van der Waals surface area contributed by atoms with Gasteiger partial charge in [-0.1, -0.05) is 13.0 Å². The fourth-order valence-corrected chi connectivity index (χ4v) is 10.3. The number of hydrogen-bond acceptors (Lipinski definition) is 11. The van der Waals surface area contributed by atoms with E-state index in [1.54, 1.807) is 20.8 Å². The zero-order valence-corrected chi connectivity index (χ0v) is 34.4. The number of ether oxygens (including phenoxy) is 4. The van der Waals surface area contributed by atoms with Crippen LogP contribution in [0.1, 0.15) is 92.2 Å². The summed E-state index contributed by atoms with van der Waals surface area (Å²) in [6.45, 7) is 16.4. The Hall–Kier alpha value is -4.81. The summed E-state index contributed by atoms with van der Waals surface area (Å²) in [5.74, 6) is -0.790. The normalized spacial score (nSPS) is 24.1. The Balaban J connectivity index is 1.24. The van der Waals surface area contributed by atoms with Crippen LogP contribution >= 0.6 is 11.3 Å². The van der Waals surface area contributed by atoms with E-state index in [1.165, 1.54) is 12.1 Å². The number of carbonyl (C=O) groups is 2. The van der Waals surface area contributed by atoms with Gasteiger partial charge in [-0.25, -0.2) is 18.4 Å². The number of nitrogens with one attached hydrogen (secondary N) is 1. The minimum Gasteiger partial charge on any atom is -0.463 e. The average Bonchev–Trinajstić information content (AvgIpc) is 3.82. The number of nitriles is 1. The molecule has 4 saturated heterocycles. The zero-order chi connectivity index (χ0) is 40.8. The van der Waals surface area contributed by atoms with Crippen molar-refractivity contribution < 1.29 is 37.3 Å². The summed E-state index contributed by atoms with van der Waals surface area (Å²) >= 11 is 0.886. The number of piperazine rings is 1. The molecule has 2 atom stereocenters. The highest BCUT2D eigenvalue weighted by molar-refractivity contribution is 7.23. The molecule has 9 rings (SSSR count). The average molecular weight is 803 g/mol. The maximum absolute atomic E-state index is 17.6. The molecule has 2 aromatic heterocycles. The predicted molar refractivity (Wildman–Crippen MR) is 213 cm³/mol. The molecule has 4 aliphatic heterocycles. The van der Waals surface area contributed by atoms with Gasteiger partial charge in [-0.15, -0.1) is 11.3 Å². The molecule has 5 fully saturated rings. The Morgan fingerprint density at radius 2 is 1.75 bits per heavy atom. The van der Waals surface area contributed by atoms with Crippen LogP contribution in [-0.4, -0.2) is 82.2 Å². The fourth-order valence-electron chi connectivity index (χ4n) is 9.21. The smallest absolute Gasteiger partial charge is 0.412 e. The van der Waals surface area contributed by atoms with Crippen molar-refractivity contribution in [2.24, 2.45) is 5.41 Å². The summed E-state index contributed by atoms with van der Waals surface area (Å²) in [5.41, 5.74) is -0.727. The van der Waals surface area contributed by atoms with Crippen LogP contribution < -0.4 is 15.0 Å². The predicted octanol–water partition coefficient (Wildman–Crippen LogP) is 9.11. The second kappa shape index (κ2) is 13.7. The molecule has 57 heavy (non-hydrogen) atoms. The van der Waals surface area contributed by atoms with E-state index in [1.807, 2.05) is 38.7 Å². The van der Waals surface area contributed by atoms with E-state index in [-0.39, 0.29) is 72.5 Å². The number of rotatable bonds is 7. The first-order valence-electron chi connectivity index (χ1n) is 19.5. The van der Waals surface area contributed by atoms with Gasteiger partial charge in [-0.05, 0) is 104 Å². The molecule has 15 heteroatoms. The standard InChI is InChI=1S/C42H48F2N6O6S/c1-9-22-14-26-32(31(44)29(22)25-12-13-28(43)33-30(25)27(15-45)35(57-33)48-37(51)55-39(2,3)4)46-36(53-20-42-18-41(8,19-42)54-21-42)47-34(26)49-16-23-10-11-24(17-49)50(23)38(52)56-40(5,6)7/h12-14,23-24H,9-11,16-21H2,1-8H3,(H,48,51). The molecule has 0 radical (unpaired) electrons. The van der Waals surface area contributed by atoms with Crippen LogP contribution in [0.4, 0.5) is 29.2 Å². The third-order valence-corrected chi connectivity index (χ3v) is 12.4. The van der Waals surface area contributed by atoms with Crippen LogP contribution in [-0.2, 0) is 20.6 Å². The van der Waals surface area contributed by atoms with Gasteiger partial charge in [-0.3, -0.25) is 10.2 Å². The molecule has 2 aromatic carbocycles. The van der Waals surface area contributed by atoms with Crippen molar-refractivity contribution in [3.8, 4) is 23.2 Å². The largest absolute Gasteiger partial charge is 0.463 e. The van der Waals surface area contributed by atoms with Crippen LogP contribution in [0, 0.1) is 28.4 Å². The van der Waals surface area contributed by atoms with Gasteiger partial charge in [0.25, 0.3) is 0 Å². The molecule has 1 saturated carbocycles. The number of thiophene rings is 1. The highest BCUT2D eigenvalue weighted by atomic mass is 32.1. The Bertz CT molecular complexity index is 2340. The third-order valence-electron chi connectivity index (χ3n) is 11.3. The van der Waals surface area contributed by atoms with Gasteiger partial charge in [-0.2, -0.15) is 15.2 Å². The van der Waals surface area contributed by atoms with Crippen LogP contribution in [0.3, 0.4) is 0 Å². The van der Waals surface area contributed by atoms with Crippen LogP contribution in [0.2, 0.25) is 0 Å². The maximum Gasteiger partial charge on any atom is 0.412 e. The van der Waals surface area contributed by atoms with E-state index in [0.717, 1.165) is 37.0 Å². The van der Waals surface area contributed by atoms with Crippen LogP contribution in [0.5, 0.6) is 6.01 Å². The molecule has 4 aromatic rings. The lowest BCUT2D eigenvalue weighted by atomic mass is 9.64. The number of amides is 2. The number of aromatic nitrogens is 2. The lowest BCUT2D eigenvalue weighted by molar-refractivity contribution is -0.00934. The van der Waals surface area contributed by atoms with Crippen molar-refractivity contribution in [2.75, 3.05) is 36.5 Å². The molecule has 1 N–H and O–H groups in total. The number of aryl methyl sites for hydroxylation is 1. The summed E-state index contributed by atoms with van der Waals surface area (Å²) in [6.07, 6.45) is 2.52. The Morgan fingerprint density at radius 3 is 2.35 bits per heavy atom. The fraction of sp³-hybridized carbons (Fsp3) is 0.548. The molecular weight excluding hydrogens is 755 g/mol. The van der Waals surface area contributed by atoms with E-state index < -0.39 is 28.9 Å². The molecule has 0 spiro atoms. The van der Waals surface area contributed by atoms with Gasteiger partial charge in [0.1, 0.15) is 39.4 Å². The topological polar surface area (TPSA) is 139 Å². The minimum absolute atomic E-state index is 0.00632. The van der Waals surface area contributed by atoms with E-state index in [2.05, 4.69) is 23.2 Å². The molecule has 1 aliphatic carbocycles. The molecule has 12 nitrogen and oxygen atoms in total. The number of hydrogen-bond donors (Lipinski definition) is 1. The molecule has 302 valence electrons. The number of nitrogens with zero attached hydrogens (tertiary/aromatic N) is 5. The number of anilines is 2. The van der Waals surface area contributed by atoms with Gasteiger partial charge < -0.3 is 23.8 Å². The number of benzene rings is 2. The maximum atomic E-state index is 17.6. The summed E-state index contributed by atoms with van der Waals surface area (Å²) in [5, 5.41) is 13.8. The van der Waals surface area contributed by atoms with Crippen molar-refractivity contribution in [3.63, 3.8) is 0 Å². The van der Waals surface area contributed by atoms with Gasteiger partial charge >= 0.3 is 18.2 Å². The van der Waals surface area contributed by atoms with E-state index >= 15 is 8.78 Å². The lowest BCUT2D eigenvalue weighted by Crippen LogP contribution is -2.57. The van der Waals surface area contributed by atoms with Gasteiger partial charge in [0.15, 0.2) is 5.82 Å². The van der Waals surface area contributed by atoms with Crippen LogP contribution in [0.15, 0.2) is 18.2 Å². The first-order valence-corrected chi connectivity index (χ1v) is 20.3. The second-order valence-electron chi connectivity index (χ2n) is 18.2. The second-order valence-corrected chi connectivity index (χ2v) is 19.2. The molecular formula is C42H48F2N6O6S. The van der Waals surface area contributed by atoms with E-state index in [0.29, 0.717) is 49.5 Å². The van der Waals surface area contributed by atoms with Crippen molar-refractivity contribution >= 4 is 55.3 Å². The molecule has 2 amide bonds. The molecule has 4 bridgehead atoms. The number of halogens is 2. The Labute approximate surface area is 334 Å². The first-order chi connectivity index (χ1) is 26.8. The highest BCUT2D eigenvalue weighted by Gasteiger charge is 2.60. The summed E-state index contributed by atoms with van der Waals surface area (Å²) in [4.78, 5) is 39.7. The quantitative estimate of drug-likeness (QED) is 0.193. The van der Waals surface area contributed by atoms with Crippen LogP contribution in [0.25, 0.3) is 32.1 Å². The Morgan fingerprint density at radius 1 is 1.07 bits per heavy atom. The van der Waals surface area contributed by atoms with Crippen molar-refractivity contribution in [1.82, 2.24) is 14.9 Å². The van der Waals surface area contributed by atoms with Crippen molar-refractivity contribution in [2.45, 2.75) is 116 Å². The summed E-state index contributed by atoms with van der Waals surface area (Å²) in [7, 11) is 0. The van der Waals surface area contributed by atoms with E-state index in [4.69, 9.17) is 28.9 Å². The number of carbonyl (C=O) groups excluding carboxylic acids is 2. The van der Waals surface area contributed by atoms with Gasteiger partial charge in [0, 0.05) is 34.8 Å². The lowest BCUT2D eigenvalue weighted by Gasteiger charge is -2.42. The summed E-state index contributed by atoms with van der Waals surface area (Å²) in [6, 6.07) is 6.44. The molecule has 2 unspecified atom stereocenters. The SMILES string of the molecule is CCc1cc2c(N3CC4CCC(C3)N4C(=O)OC(C)(C)C)nc(OCC34COC(C)(C3)C4)nc2c(F)c1-c1ccc(F)c2sc(NC(=O)OC(C)(C)C)c(C#N)c12. The minimum atomic E-state index is -0.814. The monoisotopic (exact) mass is 802 g/mol. The zero-order valence-electron chi connectivity index (χ0n) is 33.6. The third kappa shape index (κ3) is 7.09. The highest BCUT2D eigenvalue weighted by Crippen LogP contribution is 2.57. The summed E-state index contributed by atoms with van der Waals surface area (Å²) < 4.78 is 56.8. The van der Waals surface area contributed by atoms with E-state index in [9.17, 15) is 14.9 Å².